The molecule has 102 valence electrons. The average molecular weight is 328 g/mol. The number of carbonyl (C=O) groups is 1. The zero-order chi connectivity index (χ0) is 14.2. The van der Waals surface area contributed by atoms with E-state index >= 15 is 0 Å². The van der Waals surface area contributed by atoms with Crippen LogP contribution < -0.4 is 5.76 Å². The van der Waals surface area contributed by atoms with Crippen LogP contribution in [-0.4, -0.2) is 16.1 Å². The molecule has 0 aliphatic rings. The standard InChI is InChI=1S/C13H14BrNO4/c1-13(2,3)19-11(16)7-15-9-5-4-8(14)6-10(9)18-12(15)17/h4-6H,7H2,1-3H3. The minimum absolute atomic E-state index is 0.162. The highest BCUT2D eigenvalue weighted by Gasteiger charge is 2.19. The number of hydrogen-bond donors (Lipinski definition) is 0. The van der Waals surface area contributed by atoms with Gasteiger partial charge in [-0.15, -0.1) is 0 Å². The normalized spacial score (nSPS) is 11.8. The van der Waals surface area contributed by atoms with Crippen molar-refractivity contribution in [3.05, 3.63) is 33.2 Å². The number of esters is 1. The fraction of sp³-hybridized carbons (Fsp3) is 0.385. The molecule has 0 atom stereocenters. The lowest BCUT2D eigenvalue weighted by molar-refractivity contribution is -0.155. The molecule has 1 heterocycles. The summed E-state index contributed by atoms with van der Waals surface area (Å²) < 4.78 is 12.3. The van der Waals surface area contributed by atoms with E-state index in [1.54, 1.807) is 39.0 Å². The molecule has 0 radical (unpaired) electrons. The van der Waals surface area contributed by atoms with E-state index in [4.69, 9.17) is 9.15 Å². The first kappa shape index (κ1) is 13.9. The van der Waals surface area contributed by atoms with Gasteiger partial charge in [-0.1, -0.05) is 15.9 Å². The fourth-order valence-electron chi connectivity index (χ4n) is 1.69. The molecule has 0 N–H and O–H groups in total. The largest absolute Gasteiger partial charge is 0.459 e. The van der Waals surface area contributed by atoms with Crippen LogP contribution in [-0.2, 0) is 16.1 Å². The molecule has 6 heteroatoms. The van der Waals surface area contributed by atoms with E-state index in [0.29, 0.717) is 11.1 Å². The number of carbonyl (C=O) groups excluding carboxylic acids is 1. The molecule has 5 nitrogen and oxygen atoms in total. The topological polar surface area (TPSA) is 61.4 Å². The van der Waals surface area contributed by atoms with Crippen LogP contribution in [0.15, 0.2) is 31.9 Å². The van der Waals surface area contributed by atoms with Gasteiger partial charge in [-0.05, 0) is 39.0 Å². The third kappa shape index (κ3) is 3.26. The highest BCUT2D eigenvalue weighted by Crippen LogP contribution is 2.19. The molecule has 0 aliphatic heterocycles. The van der Waals surface area contributed by atoms with Gasteiger partial charge in [0.2, 0.25) is 0 Å². The number of benzene rings is 1. The van der Waals surface area contributed by atoms with E-state index in [0.717, 1.165) is 4.47 Å². The predicted octanol–water partition coefficient (Wildman–Crippen LogP) is 2.70. The van der Waals surface area contributed by atoms with Crippen LogP contribution in [0.25, 0.3) is 11.1 Å². The second kappa shape index (κ2) is 4.85. The van der Waals surface area contributed by atoms with Gasteiger partial charge in [-0.3, -0.25) is 9.36 Å². The SMILES string of the molecule is CC(C)(C)OC(=O)Cn1c(=O)oc2cc(Br)ccc21. The van der Waals surface area contributed by atoms with Crippen LogP contribution >= 0.6 is 15.9 Å². The van der Waals surface area contributed by atoms with Crippen LogP contribution in [0.3, 0.4) is 0 Å². The van der Waals surface area contributed by atoms with E-state index < -0.39 is 17.3 Å². The number of oxazole rings is 1. The molecular weight excluding hydrogens is 314 g/mol. The minimum atomic E-state index is -0.580. The van der Waals surface area contributed by atoms with Gasteiger partial charge in [0.15, 0.2) is 5.58 Å². The summed E-state index contributed by atoms with van der Waals surface area (Å²) in [5, 5.41) is 0. The van der Waals surface area contributed by atoms with Gasteiger partial charge in [0, 0.05) is 4.47 Å². The number of rotatable bonds is 2. The van der Waals surface area contributed by atoms with Crippen molar-refractivity contribution in [2.24, 2.45) is 0 Å². The molecule has 0 amide bonds. The summed E-state index contributed by atoms with van der Waals surface area (Å²) in [5.74, 6) is -1.04. The van der Waals surface area contributed by atoms with Crippen LogP contribution in [0.4, 0.5) is 0 Å². The molecule has 0 fully saturated rings. The first-order valence-corrected chi connectivity index (χ1v) is 6.56. The Kier molecular flexibility index (Phi) is 3.54. The van der Waals surface area contributed by atoms with Crippen molar-refractivity contribution in [2.45, 2.75) is 32.9 Å². The Morgan fingerprint density at radius 3 is 2.74 bits per heavy atom. The van der Waals surface area contributed by atoms with Gasteiger partial charge >= 0.3 is 11.7 Å². The van der Waals surface area contributed by atoms with Gasteiger partial charge < -0.3 is 9.15 Å². The molecule has 19 heavy (non-hydrogen) atoms. The Bertz CT molecular complexity index is 678. The number of ether oxygens (including phenoxy) is 1. The van der Waals surface area contributed by atoms with Crippen molar-refractivity contribution in [1.82, 2.24) is 4.57 Å². The second-order valence-corrected chi connectivity index (χ2v) is 6.07. The molecule has 0 saturated heterocycles. The summed E-state index contributed by atoms with van der Waals surface area (Å²) in [6.45, 7) is 5.17. The van der Waals surface area contributed by atoms with Crippen LogP contribution in [0.5, 0.6) is 0 Å². The molecular formula is C13H14BrNO4. The van der Waals surface area contributed by atoms with Crippen molar-refractivity contribution in [2.75, 3.05) is 0 Å². The highest BCUT2D eigenvalue weighted by atomic mass is 79.9. The van der Waals surface area contributed by atoms with Gasteiger partial charge in [-0.2, -0.15) is 0 Å². The lowest BCUT2D eigenvalue weighted by Gasteiger charge is -2.19. The number of fused-ring (bicyclic) bond motifs is 1. The van der Waals surface area contributed by atoms with E-state index in [1.165, 1.54) is 4.57 Å². The van der Waals surface area contributed by atoms with Crippen LogP contribution in [0, 0.1) is 0 Å². The molecule has 1 aromatic carbocycles. The van der Waals surface area contributed by atoms with Gasteiger partial charge in [0.25, 0.3) is 0 Å². The zero-order valence-corrected chi connectivity index (χ0v) is 12.5. The fourth-order valence-corrected chi connectivity index (χ4v) is 2.03. The van der Waals surface area contributed by atoms with E-state index in [9.17, 15) is 9.59 Å². The second-order valence-electron chi connectivity index (χ2n) is 5.15. The number of hydrogen-bond acceptors (Lipinski definition) is 4. The third-order valence-electron chi connectivity index (χ3n) is 2.34. The molecule has 0 unspecified atom stereocenters. The van der Waals surface area contributed by atoms with E-state index in [2.05, 4.69) is 15.9 Å². The summed E-state index contributed by atoms with van der Waals surface area (Å²) in [4.78, 5) is 23.5. The van der Waals surface area contributed by atoms with Gasteiger partial charge in [-0.25, -0.2) is 4.79 Å². The molecule has 2 rings (SSSR count). The lowest BCUT2D eigenvalue weighted by Crippen LogP contribution is -2.29. The van der Waals surface area contributed by atoms with Gasteiger partial charge in [0.1, 0.15) is 12.1 Å². The van der Waals surface area contributed by atoms with E-state index in [1.807, 2.05) is 0 Å². The minimum Gasteiger partial charge on any atom is -0.459 e. The monoisotopic (exact) mass is 327 g/mol. The maximum atomic E-state index is 11.8. The quantitative estimate of drug-likeness (QED) is 0.795. The van der Waals surface area contributed by atoms with Crippen molar-refractivity contribution in [3.63, 3.8) is 0 Å². The number of halogens is 1. The third-order valence-corrected chi connectivity index (χ3v) is 2.83. The Morgan fingerprint density at radius 1 is 1.42 bits per heavy atom. The molecule has 0 bridgehead atoms. The Labute approximate surface area is 118 Å². The average Bonchev–Trinajstić information content (AvgIpc) is 2.51. The molecule has 2 aromatic rings. The van der Waals surface area contributed by atoms with E-state index in [-0.39, 0.29) is 6.54 Å². The summed E-state index contributed by atoms with van der Waals surface area (Å²) >= 11 is 3.29. The molecule has 0 spiro atoms. The van der Waals surface area contributed by atoms with Crippen LogP contribution in [0.1, 0.15) is 20.8 Å². The lowest BCUT2D eigenvalue weighted by atomic mass is 10.2. The first-order valence-electron chi connectivity index (χ1n) is 5.77. The Hall–Kier alpha value is -1.56. The summed E-state index contributed by atoms with van der Waals surface area (Å²) in [7, 11) is 0. The number of nitrogens with zero attached hydrogens (tertiary/aromatic N) is 1. The molecule has 1 aromatic heterocycles. The maximum absolute atomic E-state index is 11.8. The predicted molar refractivity (Wildman–Crippen MR) is 74.0 cm³/mol. The van der Waals surface area contributed by atoms with Crippen molar-refractivity contribution < 1.29 is 13.9 Å². The zero-order valence-electron chi connectivity index (χ0n) is 10.9. The molecule has 0 saturated carbocycles. The van der Waals surface area contributed by atoms with Crippen LogP contribution in [0.2, 0.25) is 0 Å². The molecule has 0 aliphatic carbocycles. The summed E-state index contributed by atoms with van der Waals surface area (Å²) in [6.07, 6.45) is 0. The summed E-state index contributed by atoms with van der Waals surface area (Å²) in [5.41, 5.74) is 0.422. The Balaban J connectivity index is 2.33. The Morgan fingerprint density at radius 2 is 2.11 bits per heavy atom. The van der Waals surface area contributed by atoms with Crippen molar-refractivity contribution in [3.8, 4) is 0 Å². The first-order chi connectivity index (χ1) is 8.76. The highest BCUT2D eigenvalue weighted by molar-refractivity contribution is 9.10. The maximum Gasteiger partial charge on any atom is 0.420 e. The van der Waals surface area contributed by atoms with Crippen molar-refractivity contribution in [1.29, 1.82) is 0 Å². The number of aromatic nitrogens is 1. The summed E-state index contributed by atoms with van der Waals surface area (Å²) in [6, 6.07) is 5.18. The van der Waals surface area contributed by atoms with Gasteiger partial charge in [0.05, 0.1) is 5.52 Å². The smallest absolute Gasteiger partial charge is 0.420 e. The van der Waals surface area contributed by atoms with Crippen molar-refractivity contribution >= 4 is 33.0 Å².